The van der Waals surface area contributed by atoms with E-state index in [4.69, 9.17) is 23.2 Å². The zero-order valence-corrected chi connectivity index (χ0v) is 20.0. The quantitative estimate of drug-likeness (QED) is 0.428. The number of benzene rings is 3. The third-order valence-corrected chi connectivity index (χ3v) is 8.22. The summed E-state index contributed by atoms with van der Waals surface area (Å²) in [4.78, 5) is 2.74. The molecule has 0 amide bonds. The van der Waals surface area contributed by atoms with Crippen LogP contribution in [0.15, 0.2) is 78.9 Å². The van der Waals surface area contributed by atoms with Crippen LogP contribution in [0.2, 0.25) is 10.0 Å². The van der Waals surface area contributed by atoms with Crippen LogP contribution in [0.1, 0.15) is 48.4 Å². The van der Waals surface area contributed by atoms with Crippen molar-refractivity contribution in [1.82, 2.24) is 10.2 Å². The second kappa shape index (κ2) is 9.19. The Morgan fingerprint density at radius 2 is 1.31 bits per heavy atom. The molecule has 0 spiro atoms. The smallest absolute Gasteiger partial charge is 0.0636 e. The number of halogens is 2. The first-order valence-corrected chi connectivity index (χ1v) is 12.3. The number of hydrogen-bond acceptors (Lipinski definition) is 2. The Kier molecular flexibility index (Phi) is 6.31. The van der Waals surface area contributed by atoms with Crippen LogP contribution in [0.5, 0.6) is 0 Å². The molecule has 2 fully saturated rings. The highest BCUT2D eigenvalue weighted by Crippen LogP contribution is 2.52. The Morgan fingerprint density at radius 3 is 1.81 bits per heavy atom. The normalized spacial score (nSPS) is 25.4. The Labute approximate surface area is 201 Å². The molecule has 166 valence electrons. The van der Waals surface area contributed by atoms with E-state index in [9.17, 15) is 0 Å². The van der Waals surface area contributed by atoms with Crippen molar-refractivity contribution in [3.8, 4) is 0 Å². The van der Waals surface area contributed by atoms with Crippen LogP contribution in [-0.2, 0) is 5.41 Å². The van der Waals surface area contributed by atoms with E-state index >= 15 is 0 Å². The van der Waals surface area contributed by atoms with E-state index in [0.29, 0.717) is 12.1 Å². The van der Waals surface area contributed by atoms with Gasteiger partial charge in [-0.25, -0.2) is 0 Å². The van der Waals surface area contributed by atoms with Gasteiger partial charge in [0.1, 0.15) is 0 Å². The van der Waals surface area contributed by atoms with E-state index in [-0.39, 0.29) is 11.5 Å². The lowest BCUT2D eigenvalue weighted by Crippen LogP contribution is -2.54. The summed E-state index contributed by atoms with van der Waals surface area (Å²) in [5.41, 5.74) is 3.92. The lowest BCUT2D eigenvalue weighted by atomic mass is 9.69. The minimum Gasteiger partial charge on any atom is -0.319 e. The van der Waals surface area contributed by atoms with E-state index in [1.165, 1.54) is 18.4 Å². The first-order chi connectivity index (χ1) is 15.6. The average molecular weight is 465 g/mol. The number of nitrogens with one attached hydrogen (secondary N) is 1. The molecule has 4 heteroatoms. The van der Waals surface area contributed by atoms with Gasteiger partial charge in [0.05, 0.1) is 6.04 Å². The van der Waals surface area contributed by atoms with Crippen molar-refractivity contribution in [2.75, 3.05) is 13.6 Å². The molecule has 32 heavy (non-hydrogen) atoms. The van der Waals surface area contributed by atoms with Gasteiger partial charge in [0.15, 0.2) is 0 Å². The van der Waals surface area contributed by atoms with E-state index in [1.807, 2.05) is 24.3 Å². The summed E-state index contributed by atoms with van der Waals surface area (Å²) < 4.78 is 0. The van der Waals surface area contributed by atoms with Gasteiger partial charge in [0.25, 0.3) is 0 Å². The number of hydrogen-bond donors (Lipinski definition) is 1. The molecule has 2 saturated heterocycles. The maximum Gasteiger partial charge on any atom is 0.0636 e. The molecule has 2 aliphatic heterocycles. The predicted molar refractivity (Wildman–Crippen MR) is 135 cm³/mol. The van der Waals surface area contributed by atoms with Crippen molar-refractivity contribution in [2.24, 2.45) is 0 Å². The molecular formula is C28H30Cl2N2. The molecule has 0 unspecified atom stereocenters. The van der Waals surface area contributed by atoms with E-state index in [1.54, 1.807) is 0 Å². The summed E-state index contributed by atoms with van der Waals surface area (Å²) in [7, 11) is 2.08. The number of likely N-dealkylation sites (N-methyl/N-ethyl adjacent to an activating group) is 1. The summed E-state index contributed by atoms with van der Waals surface area (Å²) in [6, 6.07) is 28.7. The minimum absolute atomic E-state index is 0.0678. The van der Waals surface area contributed by atoms with Crippen molar-refractivity contribution >= 4 is 23.2 Å². The van der Waals surface area contributed by atoms with Gasteiger partial charge in [-0.15, -0.1) is 0 Å². The summed E-state index contributed by atoms with van der Waals surface area (Å²) in [6.07, 6.45) is 4.71. The molecule has 0 aliphatic carbocycles. The molecule has 1 N–H and O–H groups in total. The highest BCUT2D eigenvalue weighted by Gasteiger charge is 2.51. The number of rotatable bonds is 6. The van der Waals surface area contributed by atoms with Gasteiger partial charge in [-0.3, -0.25) is 4.90 Å². The van der Waals surface area contributed by atoms with Crippen LogP contribution >= 0.6 is 23.2 Å². The summed E-state index contributed by atoms with van der Waals surface area (Å²) >= 11 is 13.6. The molecular weight excluding hydrogens is 435 g/mol. The van der Waals surface area contributed by atoms with Gasteiger partial charge >= 0.3 is 0 Å². The Balaban J connectivity index is 1.58. The molecule has 0 aromatic heterocycles. The van der Waals surface area contributed by atoms with Crippen molar-refractivity contribution in [1.29, 1.82) is 0 Å². The monoisotopic (exact) mass is 464 g/mol. The second-order valence-corrected chi connectivity index (χ2v) is 10.2. The van der Waals surface area contributed by atoms with Gasteiger partial charge in [-0.2, -0.15) is 0 Å². The standard InChI is InChI=1S/C28H30Cl2N2/c1-31-19-28(20-9-3-2-4-10-20)17-21-15-16-22(18-28)32(21)27(23-11-5-7-13-25(23)29)24-12-6-8-14-26(24)30/h2-14,21-22,27,31H,15-19H2,1H3/t21-,22-/m0/s1. The fraction of sp³-hybridized carbons (Fsp3) is 0.357. The van der Waals surface area contributed by atoms with Crippen LogP contribution in [0, 0.1) is 0 Å². The van der Waals surface area contributed by atoms with E-state index < -0.39 is 0 Å². The van der Waals surface area contributed by atoms with Gasteiger partial charge in [0, 0.05) is 34.1 Å². The minimum atomic E-state index is 0.0678. The van der Waals surface area contributed by atoms with E-state index in [2.05, 4.69) is 71.9 Å². The fourth-order valence-corrected chi connectivity index (χ4v) is 6.78. The third-order valence-electron chi connectivity index (χ3n) is 7.53. The molecule has 3 aromatic carbocycles. The molecule has 2 atom stereocenters. The third kappa shape index (κ3) is 3.88. The predicted octanol–water partition coefficient (Wildman–Crippen LogP) is 6.87. The first kappa shape index (κ1) is 22.0. The van der Waals surface area contributed by atoms with Crippen LogP contribution in [0.25, 0.3) is 0 Å². The van der Waals surface area contributed by atoms with Crippen LogP contribution < -0.4 is 5.32 Å². The highest BCUT2D eigenvalue weighted by atomic mass is 35.5. The maximum absolute atomic E-state index is 6.78. The molecule has 0 saturated carbocycles. The Bertz CT molecular complexity index is 1010. The molecule has 2 bridgehead atoms. The summed E-state index contributed by atoms with van der Waals surface area (Å²) in [5, 5.41) is 5.13. The van der Waals surface area contributed by atoms with Gasteiger partial charge in [-0.1, -0.05) is 89.9 Å². The topological polar surface area (TPSA) is 15.3 Å². The number of piperidine rings is 1. The molecule has 2 heterocycles. The second-order valence-electron chi connectivity index (χ2n) is 9.36. The first-order valence-electron chi connectivity index (χ1n) is 11.6. The average Bonchev–Trinajstić information content (AvgIpc) is 3.07. The van der Waals surface area contributed by atoms with Crippen molar-refractivity contribution in [2.45, 2.75) is 49.2 Å². The van der Waals surface area contributed by atoms with Crippen molar-refractivity contribution in [3.05, 3.63) is 106 Å². The highest BCUT2D eigenvalue weighted by molar-refractivity contribution is 6.32. The largest absolute Gasteiger partial charge is 0.319 e. The van der Waals surface area contributed by atoms with Crippen LogP contribution in [0.3, 0.4) is 0 Å². The van der Waals surface area contributed by atoms with Crippen molar-refractivity contribution in [3.63, 3.8) is 0 Å². The van der Waals surface area contributed by atoms with Gasteiger partial charge < -0.3 is 5.32 Å². The summed E-state index contributed by atoms with van der Waals surface area (Å²) in [6.45, 7) is 1.00. The number of nitrogens with zero attached hydrogens (tertiary/aromatic N) is 1. The van der Waals surface area contributed by atoms with Gasteiger partial charge in [0.2, 0.25) is 0 Å². The Morgan fingerprint density at radius 1 is 0.812 bits per heavy atom. The zero-order chi connectivity index (χ0) is 22.1. The SMILES string of the molecule is CNCC1(c2ccccc2)C[C@@H]2CC[C@@H](C1)N2C(c1ccccc1Cl)c1ccccc1Cl. The van der Waals surface area contributed by atoms with Crippen molar-refractivity contribution < 1.29 is 0 Å². The Hall–Kier alpha value is -1.84. The molecule has 3 aromatic rings. The van der Waals surface area contributed by atoms with Gasteiger partial charge in [-0.05, 0) is 61.6 Å². The lowest BCUT2D eigenvalue weighted by molar-refractivity contribution is 0.0576. The summed E-state index contributed by atoms with van der Waals surface area (Å²) in [5.74, 6) is 0. The zero-order valence-electron chi connectivity index (χ0n) is 18.5. The lowest BCUT2D eigenvalue weighted by Gasteiger charge is -2.50. The van der Waals surface area contributed by atoms with E-state index in [0.717, 1.165) is 40.6 Å². The molecule has 0 radical (unpaired) electrons. The maximum atomic E-state index is 6.78. The molecule has 2 aliphatic rings. The fourth-order valence-electron chi connectivity index (χ4n) is 6.30. The number of fused-ring (bicyclic) bond motifs is 2. The van der Waals surface area contributed by atoms with Crippen LogP contribution in [-0.4, -0.2) is 30.6 Å². The molecule has 5 rings (SSSR count). The molecule has 2 nitrogen and oxygen atoms in total. The van der Waals surface area contributed by atoms with Crippen LogP contribution in [0.4, 0.5) is 0 Å².